The van der Waals surface area contributed by atoms with Crippen molar-refractivity contribution < 1.29 is 0 Å². The molecule has 0 aliphatic rings. The number of fused-ring (bicyclic) bond motifs is 1. The first kappa shape index (κ1) is 14.7. The van der Waals surface area contributed by atoms with Crippen LogP contribution in [-0.2, 0) is 0 Å². The summed E-state index contributed by atoms with van der Waals surface area (Å²) >= 11 is 7.36. The molecule has 0 saturated carbocycles. The highest BCUT2D eigenvalue weighted by Gasteiger charge is 2.13. The third kappa shape index (κ3) is 2.75. The number of rotatable bonds is 3. The van der Waals surface area contributed by atoms with E-state index < -0.39 is 0 Å². The minimum absolute atomic E-state index is 0.186. The van der Waals surface area contributed by atoms with Gasteiger partial charge in [0.15, 0.2) is 0 Å². The van der Waals surface area contributed by atoms with Crippen molar-refractivity contribution in [1.29, 1.82) is 0 Å². The molecule has 1 aromatic carbocycles. The van der Waals surface area contributed by atoms with E-state index in [1.54, 1.807) is 23.4 Å². The Morgan fingerprint density at radius 2 is 2.05 bits per heavy atom. The van der Waals surface area contributed by atoms with Crippen LogP contribution in [0.1, 0.15) is 0 Å². The van der Waals surface area contributed by atoms with Gasteiger partial charge in [-0.15, -0.1) is 11.3 Å². The molecule has 0 radical (unpaired) electrons. The van der Waals surface area contributed by atoms with E-state index in [0.717, 1.165) is 11.1 Å². The van der Waals surface area contributed by atoms with Crippen molar-refractivity contribution in [2.24, 2.45) is 5.10 Å². The summed E-state index contributed by atoms with van der Waals surface area (Å²) in [6, 6.07) is 7.40. The maximum atomic E-state index is 12.6. The number of hydrogen-bond acceptors (Lipinski definition) is 4. The third-order valence-electron chi connectivity index (χ3n) is 3.04. The van der Waals surface area contributed by atoms with E-state index in [0.29, 0.717) is 15.2 Å². The molecule has 3 aromatic rings. The lowest BCUT2D eigenvalue weighted by atomic mass is 10.1. The van der Waals surface area contributed by atoms with E-state index in [1.807, 2.05) is 31.6 Å². The summed E-state index contributed by atoms with van der Waals surface area (Å²) < 4.78 is 1.24. The summed E-state index contributed by atoms with van der Waals surface area (Å²) in [7, 11) is 3.68. The molecule has 2 aromatic heterocycles. The fraction of sp³-hybridized carbons (Fsp3) is 0.133. The molecule has 5 nitrogen and oxygen atoms in total. The average Bonchev–Trinajstić information content (AvgIpc) is 2.92. The van der Waals surface area contributed by atoms with Crippen molar-refractivity contribution in [2.75, 3.05) is 14.1 Å². The standard InChI is InChI=1S/C15H13ClN4OS/c1-19(2)9-18-20-8-17-14-13(15(20)21)12(7-22-14)10-3-5-11(16)6-4-10/h3-9H,1-2H3. The topological polar surface area (TPSA) is 50.5 Å². The van der Waals surface area contributed by atoms with Gasteiger partial charge in [0.05, 0.1) is 5.39 Å². The quantitative estimate of drug-likeness (QED) is 0.547. The largest absolute Gasteiger partial charge is 0.367 e. The molecule has 22 heavy (non-hydrogen) atoms. The molecular formula is C15H13ClN4OS. The van der Waals surface area contributed by atoms with Crippen LogP contribution in [0.15, 0.2) is 45.9 Å². The van der Waals surface area contributed by atoms with Crippen LogP contribution >= 0.6 is 22.9 Å². The van der Waals surface area contributed by atoms with Gasteiger partial charge >= 0.3 is 0 Å². The fourth-order valence-corrected chi connectivity index (χ4v) is 3.04. The van der Waals surface area contributed by atoms with Crippen LogP contribution < -0.4 is 5.56 Å². The molecule has 0 atom stereocenters. The highest BCUT2D eigenvalue weighted by molar-refractivity contribution is 7.17. The second-order valence-electron chi connectivity index (χ2n) is 4.93. The zero-order chi connectivity index (χ0) is 15.7. The highest BCUT2D eigenvalue weighted by Crippen LogP contribution is 2.31. The number of thiophene rings is 1. The van der Waals surface area contributed by atoms with Crippen molar-refractivity contribution >= 4 is 39.5 Å². The second kappa shape index (κ2) is 5.90. The first-order chi connectivity index (χ1) is 10.6. The Labute approximate surface area is 136 Å². The van der Waals surface area contributed by atoms with Crippen LogP contribution in [0.2, 0.25) is 5.02 Å². The van der Waals surface area contributed by atoms with E-state index in [1.165, 1.54) is 22.3 Å². The lowest BCUT2D eigenvalue weighted by Gasteiger charge is -2.04. The summed E-state index contributed by atoms with van der Waals surface area (Å²) in [5, 5.41) is 7.28. The van der Waals surface area contributed by atoms with Crippen molar-refractivity contribution in [3.8, 4) is 11.1 Å². The molecule has 112 valence electrons. The Hall–Kier alpha value is -2.18. The molecular weight excluding hydrogens is 320 g/mol. The normalized spacial score (nSPS) is 11.4. The number of halogens is 1. The zero-order valence-electron chi connectivity index (χ0n) is 12.0. The highest BCUT2D eigenvalue weighted by atomic mass is 35.5. The minimum atomic E-state index is -0.186. The molecule has 3 rings (SSSR count). The van der Waals surface area contributed by atoms with Crippen LogP contribution in [0, 0.1) is 0 Å². The van der Waals surface area contributed by atoms with Crippen LogP contribution in [0.5, 0.6) is 0 Å². The van der Waals surface area contributed by atoms with Gasteiger partial charge in [-0.05, 0) is 17.7 Å². The van der Waals surface area contributed by atoms with Crippen LogP contribution in [0.3, 0.4) is 0 Å². The molecule has 2 heterocycles. The molecule has 0 aliphatic carbocycles. The van der Waals surface area contributed by atoms with Gasteiger partial charge in [0.1, 0.15) is 17.5 Å². The van der Waals surface area contributed by atoms with Gasteiger partial charge in [-0.3, -0.25) is 4.79 Å². The van der Waals surface area contributed by atoms with E-state index in [9.17, 15) is 4.79 Å². The summed E-state index contributed by atoms with van der Waals surface area (Å²) in [5.74, 6) is 0. The Kier molecular flexibility index (Phi) is 3.96. The number of nitrogens with zero attached hydrogens (tertiary/aromatic N) is 4. The van der Waals surface area contributed by atoms with Gasteiger partial charge in [-0.1, -0.05) is 23.7 Å². The van der Waals surface area contributed by atoms with E-state index in [4.69, 9.17) is 11.6 Å². The van der Waals surface area contributed by atoms with Crippen LogP contribution in [0.4, 0.5) is 0 Å². The number of benzene rings is 1. The van der Waals surface area contributed by atoms with Crippen molar-refractivity contribution in [3.63, 3.8) is 0 Å². The molecule has 0 unspecified atom stereocenters. The van der Waals surface area contributed by atoms with Gasteiger partial charge in [-0.25, -0.2) is 4.98 Å². The SMILES string of the molecule is CN(C)C=Nn1cnc2scc(-c3ccc(Cl)cc3)c2c1=O. The van der Waals surface area contributed by atoms with Crippen molar-refractivity contribution in [3.05, 3.63) is 51.3 Å². The minimum Gasteiger partial charge on any atom is -0.367 e. The molecule has 0 aliphatic heterocycles. The Bertz CT molecular complexity index is 896. The lowest BCUT2D eigenvalue weighted by Crippen LogP contribution is -2.19. The first-order valence-corrected chi connectivity index (χ1v) is 7.78. The summed E-state index contributed by atoms with van der Waals surface area (Å²) in [6.45, 7) is 0. The van der Waals surface area contributed by atoms with Gasteiger partial charge in [0.25, 0.3) is 5.56 Å². The van der Waals surface area contributed by atoms with E-state index in [-0.39, 0.29) is 5.56 Å². The van der Waals surface area contributed by atoms with Gasteiger partial charge in [-0.2, -0.15) is 9.78 Å². The lowest BCUT2D eigenvalue weighted by molar-refractivity contribution is 0.629. The predicted octanol–water partition coefficient (Wildman–Crippen LogP) is 3.13. The molecule has 0 fully saturated rings. The Balaban J connectivity index is 2.19. The molecule has 0 saturated heterocycles. The van der Waals surface area contributed by atoms with Gasteiger partial charge in [0.2, 0.25) is 0 Å². The molecule has 0 N–H and O–H groups in total. The molecule has 7 heteroatoms. The second-order valence-corrected chi connectivity index (χ2v) is 6.22. The Morgan fingerprint density at radius 3 is 2.73 bits per heavy atom. The Morgan fingerprint density at radius 1 is 1.32 bits per heavy atom. The molecule has 0 bridgehead atoms. The molecule has 0 spiro atoms. The molecule has 0 amide bonds. The van der Waals surface area contributed by atoms with Crippen molar-refractivity contribution in [2.45, 2.75) is 0 Å². The van der Waals surface area contributed by atoms with Gasteiger partial charge in [0, 0.05) is 30.1 Å². The number of hydrogen-bond donors (Lipinski definition) is 0. The van der Waals surface area contributed by atoms with Crippen molar-refractivity contribution in [1.82, 2.24) is 14.6 Å². The zero-order valence-corrected chi connectivity index (χ0v) is 13.6. The first-order valence-electron chi connectivity index (χ1n) is 6.52. The smallest absolute Gasteiger partial charge is 0.283 e. The van der Waals surface area contributed by atoms with Gasteiger partial charge < -0.3 is 4.90 Å². The van der Waals surface area contributed by atoms with Crippen LogP contribution in [0.25, 0.3) is 21.3 Å². The predicted molar refractivity (Wildman–Crippen MR) is 91.9 cm³/mol. The number of aromatic nitrogens is 2. The fourth-order valence-electron chi connectivity index (χ4n) is 2.01. The monoisotopic (exact) mass is 332 g/mol. The van der Waals surface area contributed by atoms with E-state index >= 15 is 0 Å². The summed E-state index contributed by atoms with van der Waals surface area (Å²) in [4.78, 5) is 19.4. The maximum Gasteiger partial charge on any atom is 0.283 e. The van der Waals surface area contributed by atoms with E-state index in [2.05, 4.69) is 10.1 Å². The average molecular weight is 333 g/mol. The summed E-state index contributed by atoms with van der Waals surface area (Å²) in [6.07, 6.45) is 3.00. The van der Waals surface area contributed by atoms with Crippen LogP contribution in [-0.4, -0.2) is 35.0 Å². The third-order valence-corrected chi connectivity index (χ3v) is 4.18. The summed E-state index contributed by atoms with van der Waals surface area (Å²) in [5.41, 5.74) is 1.60. The maximum absolute atomic E-state index is 12.6.